The van der Waals surface area contributed by atoms with Crippen LogP contribution in [0.25, 0.3) is 10.4 Å². The summed E-state index contributed by atoms with van der Waals surface area (Å²) in [6, 6.07) is 1.54. The number of aldehydes is 1. The molecule has 1 rings (SSSR count). The third kappa shape index (κ3) is 3.72. The molecule has 0 radical (unpaired) electrons. The highest BCUT2D eigenvalue weighted by Gasteiger charge is 2.21. The van der Waals surface area contributed by atoms with Crippen LogP contribution in [0.2, 0.25) is 0 Å². The number of hydrogen-bond acceptors (Lipinski definition) is 4. The molecular formula is C11H11F2N3O3. The Hall–Kier alpha value is -2.02. The van der Waals surface area contributed by atoms with Gasteiger partial charge in [-0.2, -0.15) is 0 Å². The van der Waals surface area contributed by atoms with Gasteiger partial charge in [0.2, 0.25) is 0 Å². The van der Waals surface area contributed by atoms with Gasteiger partial charge in [-0.25, -0.2) is 8.78 Å². The Morgan fingerprint density at radius 1 is 1.37 bits per heavy atom. The van der Waals surface area contributed by atoms with E-state index in [4.69, 9.17) is 5.53 Å². The predicted octanol–water partition coefficient (Wildman–Crippen LogP) is 1.87. The van der Waals surface area contributed by atoms with Crippen LogP contribution >= 0.6 is 0 Å². The summed E-state index contributed by atoms with van der Waals surface area (Å²) >= 11 is 0. The summed E-state index contributed by atoms with van der Waals surface area (Å²) in [5.41, 5.74) is 7.11. The van der Waals surface area contributed by atoms with Crippen LogP contribution in [0.15, 0.2) is 17.2 Å². The molecule has 0 saturated heterocycles. The van der Waals surface area contributed by atoms with E-state index >= 15 is 0 Å². The number of aliphatic hydroxyl groups excluding tert-OH is 2. The molecule has 2 unspecified atom stereocenters. The zero-order valence-corrected chi connectivity index (χ0v) is 9.70. The lowest BCUT2D eigenvalue weighted by Gasteiger charge is -2.17. The fraction of sp³-hybridized carbons (Fsp3) is 0.364. The second-order valence-corrected chi connectivity index (χ2v) is 3.77. The van der Waals surface area contributed by atoms with Crippen molar-refractivity contribution < 1.29 is 23.8 Å². The van der Waals surface area contributed by atoms with E-state index in [1.165, 1.54) is 0 Å². The Morgan fingerprint density at radius 3 is 2.42 bits per heavy atom. The number of halogens is 2. The molecular weight excluding hydrogens is 260 g/mol. The van der Waals surface area contributed by atoms with E-state index in [1.54, 1.807) is 0 Å². The molecule has 0 fully saturated rings. The first-order valence-electron chi connectivity index (χ1n) is 5.32. The fourth-order valence-corrected chi connectivity index (χ4v) is 1.50. The number of rotatable bonds is 6. The normalized spacial score (nSPS) is 13.5. The summed E-state index contributed by atoms with van der Waals surface area (Å²) in [6.07, 6.45) is -2.92. The zero-order chi connectivity index (χ0) is 14.4. The zero-order valence-electron chi connectivity index (χ0n) is 9.70. The van der Waals surface area contributed by atoms with Crippen LogP contribution in [-0.2, 0) is 0 Å². The van der Waals surface area contributed by atoms with Gasteiger partial charge in [-0.15, -0.1) is 0 Å². The summed E-state index contributed by atoms with van der Waals surface area (Å²) in [4.78, 5) is 12.9. The molecule has 8 heteroatoms. The second kappa shape index (κ2) is 6.79. The van der Waals surface area contributed by atoms with Crippen LogP contribution < -0.4 is 0 Å². The van der Waals surface area contributed by atoms with E-state index in [0.717, 1.165) is 12.1 Å². The minimum Gasteiger partial charge on any atom is -0.390 e. The first-order valence-corrected chi connectivity index (χ1v) is 5.32. The van der Waals surface area contributed by atoms with Gasteiger partial charge >= 0.3 is 0 Å². The Balaban J connectivity index is 2.90. The van der Waals surface area contributed by atoms with Gasteiger partial charge in [-0.3, -0.25) is 4.79 Å². The van der Waals surface area contributed by atoms with E-state index in [-0.39, 0.29) is 24.8 Å². The van der Waals surface area contributed by atoms with Gasteiger partial charge in [0.1, 0.15) is 17.7 Å². The standard InChI is InChI=1S/C11H11F2N3O3/c12-8-3-6(4-9(13)7(8)5-17)11(19)10(18)1-2-15-16-14/h3-5,10-11,18-19H,1-2H2. The van der Waals surface area contributed by atoms with Crippen molar-refractivity contribution >= 4 is 6.29 Å². The quantitative estimate of drug-likeness (QED) is 0.357. The van der Waals surface area contributed by atoms with E-state index in [9.17, 15) is 23.8 Å². The van der Waals surface area contributed by atoms with Crippen LogP contribution in [0.5, 0.6) is 0 Å². The number of hydrogen-bond donors (Lipinski definition) is 2. The van der Waals surface area contributed by atoms with Gasteiger partial charge in [0.05, 0.1) is 11.7 Å². The van der Waals surface area contributed by atoms with E-state index < -0.39 is 29.4 Å². The third-order valence-electron chi connectivity index (χ3n) is 2.51. The minimum absolute atomic E-state index is 0.0267. The maximum atomic E-state index is 13.3. The molecule has 6 nitrogen and oxygen atoms in total. The van der Waals surface area contributed by atoms with Gasteiger partial charge in [-0.05, 0) is 29.6 Å². The molecule has 0 aliphatic heterocycles. The highest BCUT2D eigenvalue weighted by molar-refractivity contribution is 5.75. The number of aliphatic hydroxyl groups is 2. The topological polar surface area (TPSA) is 106 Å². The van der Waals surface area contributed by atoms with Crippen molar-refractivity contribution in [1.29, 1.82) is 0 Å². The molecule has 0 bridgehead atoms. The Morgan fingerprint density at radius 2 is 1.95 bits per heavy atom. The smallest absolute Gasteiger partial charge is 0.155 e. The molecule has 1 aromatic carbocycles. The van der Waals surface area contributed by atoms with Gasteiger partial charge in [0.15, 0.2) is 6.29 Å². The lowest BCUT2D eigenvalue weighted by atomic mass is 10.0. The number of carbonyl (C=O) groups is 1. The molecule has 19 heavy (non-hydrogen) atoms. The summed E-state index contributed by atoms with van der Waals surface area (Å²) < 4.78 is 26.6. The molecule has 0 saturated carbocycles. The van der Waals surface area contributed by atoms with Gasteiger partial charge < -0.3 is 10.2 Å². The average molecular weight is 271 g/mol. The van der Waals surface area contributed by atoms with Crippen molar-refractivity contribution in [3.05, 3.63) is 45.3 Å². The monoisotopic (exact) mass is 271 g/mol. The second-order valence-electron chi connectivity index (χ2n) is 3.77. The molecule has 102 valence electrons. The van der Waals surface area contributed by atoms with Crippen molar-refractivity contribution in [3.63, 3.8) is 0 Å². The highest BCUT2D eigenvalue weighted by atomic mass is 19.1. The van der Waals surface area contributed by atoms with E-state index in [1.807, 2.05) is 0 Å². The molecule has 0 aromatic heterocycles. The first kappa shape index (κ1) is 15.0. The van der Waals surface area contributed by atoms with Crippen LogP contribution in [0.1, 0.15) is 28.4 Å². The summed E-state index contributed by atoms with van der Waals surface area (Å²) in [6.45, 7) is -0.0634. The van der Waals surface area contributed by atoms with Crippen molar-refractivity contribution in [3.8, 4) is 0 Å². The van der Waals surface area contributed by atoms with E-state index in [2.05, 4.69) is 10.0 Å². The molecule has 0 amide bonds. The maximum Gasteiger partial charge on any atom is 0.155 e. The summed E-state index contributed by atoms with van der Waals surface area (Å²) in [5.74, 6) is -2.24. The largest absolute Gasteiger partial charge is 0.390 e. The van der Waals surface area contributed by atoms with Crippen LogP contribution in [-0.4, -0.2) is 29.1 Å². The first-order chi connectivity index (χ1) is 9.01. The summed E-state index contributed by atoms with van der Waals surface area (Å²) in [5, 5.41) is 22.4. The fourth-order valence-electron chi connectivity index (χ4n) is 1.50. The van der Waals surface area contributed by atoms with Crippen molar-refractivity contribution in [2.75, 3.05) is 6.54 Å². The molecule has 1 aromatic rings. The molecule has 0 aliphatic rings. The van der Waals surface area contributed by atoms with Gasteiger partial charge in [-0.1, -0.05) is 5.11 Å². The lowest BCUT2D eigenvalue weighted by molar-refractivity contribution is 0.0147. The summed E-state index contributed by atoms with van der Waals surface area (Å²) in [7, 11) is 0. The van der Waals surface area contributed by atoms with Crippen molar-refractivity contribution in [2.45, 2.75) is 18.6 Å². The number of carbonyl (C=O) groups excluding carboxylic acids is 1. The third-order valence-corrected chi connectivity index (χ3v) is 2.51. The molecule has 0 spiro atoms. The molecule has 0 heterocycles. The SMILES string of the molecule is [N-]=[N+]=NCCC(O)C(O)c1cc(F)c(C=O)c(F)c1. The van der Waals surface area contributed by atoms with Crippen LogP contribution in [0.4, 0.5) is 8.78 Å². The van der Waals surface area contributed by atoms with Gasteiger partial charge in [0.25, 0.3) is 0 Å². The van der Waals surface area contributed by atoms with E-state index in [0.29, 0.717) is 0 Å². The maximum absolute atomic E-state index is 13.3. The molecule has 2 atom stereocenters. The Labute approximate surface area is 106 Å². The Kier molecular flexibility index (Phi) is 5.37. The van der Waals surface area contributed by atoms with Crippen LogP contribution in [0, 0.1) is 11.6 Å². The molecule has 0 aliphatic carbocycles. The number of azide groups is 1. The minimum atomic E-state index is -1.54. The van der Waals surface area contributed by atoms with Crippen molar-refractivity contribution in [1.82, 2.24) is 0 Å². The van der Waals surface area contributed by atoms with Crippen LogP contribution in [0.3, 0.4) is 0 Å². The van der Waals surface area contributed by atoms with Crippen molar-refractivity contribution in [2.24, 2.45) is 5.11 Å². The predicted molar refractivity (Wildman–Crippen MR) is 61.3 cm³/mol. The highest BCUT2D eigenvalue weighted by Crippen LogP contribution is 2.23. The molecule has 2 N–H and O–H groups in total. The Bertz CT molecular complexity index is 495. The lowest BCUT2D eigenvalue weighted by Crippen LogP contribution is -2.19. The van der Waals surface area contributed by atoms with Gasteiger partial charge in [0, 0.05) is 11.5 Å². The average Bonchev–Trinajstić information content (AvgIpc) is 2.37. The number of nitrogens with zero attached hydrogens (tertiary/aromatic N) is 3. The number of benzene rings is 1.